The molecule has 7 nitrogen and oxygen atoms in total. The first kappa shape index (κ1) is 22.7. The minimum atomic E-state index is -0.0700. The van der Waals surface area contributed by atoms with Crippen LogP contribution in [-0.4, -0.2) is 58.9 Å². The lowest BCUT2D eigenvalue weighted by atomic mass is 9.82. The predicted molar refractivity (Wildman–Crippen MR) is 133 cm³/mol. The van der Waals surface area contributed by atoms with Crippen molar-refractivity contribution in [2.75, 3.05) is 39.4 Å². The molecule has 1 N–H and O–H groups in total. The number of nitrogens with zero attached hydrogens (tertiary/aromatic N) is 3. The fraction of sp³-hybridized carbons (Fsp3) is 0.464. The molecule has 2 saturated heterocycles. The lowest BCUT2D eigenvalue weighted by Crippen LogP contribution is -2.46. The number of piperidine rings is 1. The lowest BCUT2D eigenvalue weighted by molar-refractivity contribution is 0.0342. The van der Waals surface area contributed by atoms with Crippen LogP contribution in [0.25, 0.3) is 11.1 Å². The van der Waals surface area contributed by atoms with Gasteiger partial charge in [-0.25, -0.2) is 0 Å². The van der Waals surface area contributed by atoms with Crippen molar-refractivity contribution in [2.45, 2.75) is 38.6 Å². The van der Waals surface area contributed by atoms with Crippen LogP contribution in [0.1, 0.15) is 35.1 Å². The number of hydrogen-bond donors (Lipinski definition) is 1. The van der Waals surface area contributed by atoms with Crippen molar-refractivity contribution in [3.8, 4) is 11.1 Å². The Hall–Kier alpha value is -2.71. The van der Waals surface area contributed by atoms with Crippen molar-refractivity contribution in [1.29, 1.82) is 0 Å². The van der Waals surface area contributed by atoms with E-state index < -0.39 is 0 Å². The molecule has 0 spiro atoms. The summed E-state index contributed by atoms with van der Waals surface area (Å²) in [7, 11) is 0. The van der Waals surface area contributed by atoms with Crippen molar-refractivity contribution in [3.63, 3.8) is 0 Å². The third-order valence-electron chi connectivity index (χ3n) is 7.74. The first-order valence-corrected chi connectivity index (χ1v) is 12.7. The Kier molecular flexibility index (Phi) is 6.33. The number of aliphatic hydroxyl groups excluding tert-OH is 1. The van der Waals surface area contributed by atoms with Gasteiger partial charge < -0.3 is 18.8 Å². The van der Waals surface area contributed by atoms with Gasteiger partial charge in [0.15, 0.2) is 0 Å². The topological polar surface area (TPSA) is 71.1 Å². The number of fused-ring (bicyclic) bond motifs is 4. The van der Waals surface area contributed by atoms with E-state index in [0.29, 0.717) is 17.6 Å². The molecule has 7 heteroatoms. The summed E-state index contributed by atoms with van der Waals surface area (Å²) < 4.78 is 13.3. The molecule has 1 aromatic carbocycles. The highest BCUT2D eigenvalue weighted by atomic mass is 16.5. The largest absolute Gasteiger partial charge is 0.462 e. The quantitative estimate of drug-likeness (QED) is 0.591. The molecule has 5 heterocycles. The highest BCUT2D eigenvalue weighted by Gasteiger charge is 2.35. The molecule has 35 heavy (non-hydrogen) atoms. The number of benzene rings is 1. The average Bonchev–Trinajstić information content (AvgIpc) is 3.33. The van der Waals surface area contributed by atoms with Crippen molar-refractivity contribution >= 4 is 0 Å². The number of furan rings is 1. The van der Waals surface area contributed by atoms with Crippen LogP contribution in [0.15, 0.2) is 57.7 Å². The van der Waals surface area contributed by atoms with Gasteiger partial charge in [0.1, 0.15) is 18.1 Å². The van der Waals surface area contributed by atoms with Crippen LogP contribution in [0, 0.1) is 5.92 Å². The Labute approximate surface area is 205 Å². The smallest absolute Gasteiger partial charge is 0.258 e. The Bertz CT molecular complexity index is 1240. The molecule has 3 aliphatic heterocycles. The maximum atomic E-state index is 13.8. The molecule has 0 unspecified atom stereocenters. The van der Waals surface area contributed by atoms with Crippen LogP contribution in [0.4, 0.5) is 0 Å². The summed E-state index contributed by atoms with van der Waals surface area (Å²) >= 11 is 0. The summed E-state index contributed by atoms with van der Waals surface area (Å²) in [6.07, 6.45) is 1.13. The van der Waals surface area contributed by atoms with Gasteiger partial charge in [-0.05, 0) is 47.7 Å². The van der Waals surface area contributed by atoms with Crippen molar-refractivity contribution < 1.29 is 14.3 Å². The molecule has 3 aromatic rings. The Morgan fingerprint density at radius 1 is 0.857 bits per heavy atom. The maximum absolute atomic E-state index is 13.8. The van der Waals surface area contributed by atoms with Gasteiger partial charge in [0.05, 0.1) is 19.8 Å². The molecule has 184 valence electrons. The summed E-state index contributed by atoms with van der Waals surface area (Å²) in [6, 6.07) is 16.4. The van der Waals surface area contributed by atoms with Gasteiger partial charge in [0.25, 0.3) is 5.56 Å². The van der Waals surface area contributed by atoms with Gasteiger partial charge in [0.2, 0.25) is 0 Å². The molecule has 6 rings (SSSR count). The van der Waals surface area contributed by atoms with Gasteiger partial charge in [-0.15, -0.1) is 0 Å². The number of rotatable bonds is 6. The highest BCUT2D eigenvalue weighted by molar-refractivity contribution is 5.66. The fourth-order valence-corrected chi connectivity index (χ4v) is 6.11. The number of ether oxygens (including phenoxy) is 1. The van der Waals surface area contributed by atoms with Crippen LogP contribution in [0.3, 0.4) is 0 Å². The molecular formula is C28H33N3O4. The zero-order valence-electron chi connectivity index (χ0n) is 20.1. The van der Waals surface area contributed by atoms with E-state index in [1.807, 2.05) is 28.8 Å². The normalized spacial score (nSPS) is 22.8. The van der Waals surface area contributed by atoms with Crippen LogP contribution in [0.2, 0.25) is 0 Å². The zero-order chi connectivity index (χ0) is 23.8. The summed E-state index contributed by atoms with van der Waals surface area (Å²) in [5.74, 6) is 2.29. The monoisotopic (exact) mass is 475 g/mol. The van der Waals surface area contributed by atoms with E-state index in [9.17, 15) is 9.90 Å². The minimum absolute atomic E-state index is 0.0700. The Balaban J connectivity index is 1.25. The van der Waals surface area contributed by atoms with Crippen molar-refractivity contribution in [1.82, 2.24) is 14.4 Å². The molecule has 2 atom stereocenters. The van der Waals surface area contributed by atoms with Gasteiger partial charge in [-0.2, -0.15) is 0 Å². The van der Waals surface area contributed by atoms with E-state index in [0.717, 1.165) is 88.0 Å². The van der Waals surface area contributed by atoms with Gasteiger partial charge in [0, 0.05) is 56.4 Å². The third-order valence-corrected chi connectivity index (χ3v) is 7.74. The van der Waals surface area contributed by atoms with Crippen LogP contribution < -0.4 is 5.56 Å². The standard InChI is InChI=1S/C28H33N3O4/c32-19-24-6-5-23(35-24)18-30-14-20-13-22(17-30)27-8-7-26(28(33)31(27)15-20)25-4-2-1-3-21(25)16-29-9-11-34-12-10-29/h1-8,20,22,32H,9-19H2/t20-,22-/m1/s1. The molecule has 2 aromatic heterocycles. The van der Waals surface area contributed by atoms with Gasteiger partial charge in [-0.3, -0.25) is 14.6 Å². The second-order valence-electron chi connectivity index (χ2n) is 10.2. The van der Waals surface area contributed by atoms with Crippen LogP contribution >= 0.6 is 0 Å². The molecule has 2 fully saturated rings. The predicted octanol–water partition coefficient (Wildman–Crippen LogP) is 3.05. The number of likely N-dealkylation sites (tertiary alicyclic amines) is 1. The maximum Gasteiger partial charge on any atom is 0.258 e. The number of morpholine rings is 1. The Morgan fingerprint density at radius 2 is 1.69 bits per heavy atom. The zero-order valence-corrected chi connectivity index (χ0v) is 20.1. The van der Waals surface area contributed by atoms with E-state index in [4.69, 9.17) is 9.15 Å². The van der Waals surface area contributed by atoms with Crippen molar-refractivity contribution in [3.05, 3.63) is 81.7 Å². The SMILES string of the molecule is O=c1c(-c2ccccc2CN2CCOCC2)ccc2n1C[C@@H]1C[C@@H]2CN(Cc2ccc(CO)o2)C1. The highest BCUT2D eigenvalue weighted by Crippen LogP contribution is 2.36. The van der Waals surface area contributed by atoms with E-state index >= 15 is 0 Å². The number of pyridine rings is 1. The van der Waals surface area contributed by atoms with Gasteiger partial charge in [-0.1, -0.05) is 24.3 Å². The fourth-order valence-electron chi connectivity index (χ4n) is 6.11. The summed E-state index contributed by atoms with van der Waals surface area (Å²) in [4.78, 5) is 18.6. The first-order chi connectivity index (χ1) is 17.2. The number of aromatic nitrogens is 1. The first-order valence-electron chi connectivity index (χ1n) is 12.7. The molecule has 0 amide bonds. The molecule has 3 aliphatic rings. The minimum Gasteiger partial charge on any atom is -0.462 e. The summed E-state index contributed by atoms with van der Waals surface area (Å²) in [5, 5.41) is 9.28. The lowest BCUT2D eigenvalue weighted by Gasteiger charge is -2.42. The van der Waals surface area contributed by atoms with Crippen LogP contribution in [-0.2, 0) is 31.0 Å². The van der Waals surface area contributed by atoms with Crippen molar-refractivity contribution in [2.24, 2.45) is 5.92 Å². The van der Waals surface area contributed by atoms with E-state index in [2.05, 4.69) is 34.1 Å². The second kappa shape index (κ2) is 9.74. The van der Waals surface area contributed by atoms with E-state index in [1.54, 1.807) is 0 Å². The summed E-state index contributed by atoms with van der Waals surface area (Å²) in [5.41, 5.74) is 4.35. The molecule has 0 radical (unpaired) electrons. The summed E-state index contributed by atoms with van der Waals surface area (Å²) in [6.45, 7) is 7.54. The number of aliphatic hydroxyl groups is 1. The van der Waals surface area contributed by atoms with E-state index in [-0.39, 0.29) is 12.2 Å². The second-order valence-corrected chi connectivity index (χ2v) is 10.2. The van der Waals surface area contributed by atoms with E-state index in [1.165, 1.54) is 5.56 Å². The molecule has 0 saturated carbocycles. The number of hydrogen-bond acceptors (Lipinski definition) is 6. The Morgan fingerprint density at radius 3 is 2.51 bits per heavy atom. The average molecular weight is 476 g/mol. The molecule has 0 aliphatic carbocycles. The molecule has 2 bridgehead atoms. The van der Waals surface area contributed by atoms with Gasteiger partial charge >= 0.3 is 0 Å². The molecular weight excluding hydrogens is 442 g/mol. The third kappa shape index (κ3) is 4.61. The van der Waals surface area contributed by atoms with Crippen LogP contribution in [0.5, 0.6) is 0 Å².